The van der Waals surface area contributed by atoms with Gasteiger partial charge in [0.05, 0.1) is 17.8 Å². The van der Waals surface area contributed by atoms with Crippen molar-refractivity contribution in [2.75, 3.05) is 0 Å². The summed E-state index contributed by atoms with van der Waals surface area (Å²) < 4.78 is 6.10. The molecule has 0 aromatic carbocycles. The van der Waals surface area contributed by atoms with Crippen molar-refractivity contribution in [1.82, 2.24) is 0 Å². The summed E-state index contributed by atoms with van der Waals surface area (Å²) >= 11 is 0. The lowest BCUT2D eigenvalue weighted by molar-refractivity contribution is -0.284. The zero-order valence-corrected chi connectivity index (χ0v) is 22.9. The van der Waals surface area contributed by atoms with Crippen LogP contribution in [0.4, 0.5) is 0 Å². The smallest absolute Gasteiger partial charge is 0.302 e. The third-order valence-corrected chi connectivity index (χ3v) is 11.6. The number of allylic oxidation sites excluding steroid dienone is 1. The molecule has 4 aliphatic carbocycles. The van der Waals surface area contributed by atoms with Crippen molar-refractivity contribution in [3.8, 4) is 0 Å². The minimum absolute atomic E-state index is 0.000139. The van der Waals surface area contributed by atoms with Crippen molar-refractivity contribution in [2.45, 2.75) is 123 Å². The molecule has 0 aromatic rings. The van der Waals surface area contributed by atoms with Gasteiger partial charge in [-0.1, -0.05) is 46.8 Å². The second kappa shape index (κ2) is 9.44. The molecule has 4 fully saturated rings. The van der Waals surface area contributed by atoms with Gasteiger partial charge >= 0.3 is 5.97 Å². The molecule has 0 saturated heterocycles. The van der Waals surface area contributed by atoms with E-state index < -0.39 is 23.2 Å². The lowest BCUT2D eigenvalue weighted by Gasteiger charge is -2.66. The van der Waals surface area contributed by atoms with Gasteiger partial charge in [-0.2, -0.15) is 0 Å². The van der Waals surface area contributed by atoms with E-state index in [-0.39, 0.29) is 35.7 Å². The lowest BCUT2D eigenvalue weighted by Crippen LogP contribution is -2.71. The molecule has 11 atom stereocenters. The van der Waals surface area contributed by atoms with E-state index in [1.807, 2.05) is 0 Å². The summed E-state index contributed by atoms with van der Waals surface area (Å²) in [5, 5.41) is 33.6. The van der Waals surface area contributed by atoms with E-state index in [1.165, 1.54) is 18.9 Å². The fourth-order valence-corrected chi connectivity index (χ4v) is 9.55. The molecule has 0 amide bonds. The number of aliphatic hydroxyl groups is 3. The normalized spacial score (nSPS) is 48.0. The average Bonchev–Trinajstić information content (AvgIpc) is 3.10. The van der Waals surface area contributed by atoms with Crippen LogP contribution in [0, 0.1) is 46.3 Å². The first-order valence-corrected chi connectivity index (χ1v) is 14.2. The van der Waals surface area contributed by atoms with E-state index in [9.17, 15) is 20.1 Å². The summed E-state index contributed by atoms with van der Waals surface area (Å²) in [4.78, 5) is 12.3. The van der Waals surface area contributed by atoms with Gasteiger partial charge < -0.3 is 20.1 Å². The van der Waals surface area contributed by atoms with Crippen molar-refractivity contribution in [1.29, 1.82) is 0 Å². The summed E-state index contributed by atoms with van der Waals surface area (Å²) in [6.45, 7) is 17.1. The summed E-state index contributed by atoms with van der Waals surface area (Å²) in [6, 6.07) is 0. The summed E-state index contributed by atoms with van der Waals surface area (Å²) in [6.07, 6.45) is 5.55. The molecule has 0 aliphatic heterocycles. The third kappa shape index (κ3) is 4.32. The number of fused-ring (bicyclic) bond motifs is 5. The molecule has 5 heteroatoms. The maximum atomic E-state index is 12.3. The number of rotatable bonds is 6. The van der Waals surface area contributed by atoms with Crippen LogP contribution in [0.15, 0.2) is 12.2 Å². The Labute approximate surface area is 212 Å². The summed E-state index contributed by atoms with van der Waals surface area (Å²) in [5.41, 5.74) is -0.574. The maximum absolute atomic E-state index is 12.3. The molecule has 3 N–H and O–H groups in total. The molecule has 4 aliphatic rings. The first kappa shape index (κ1) is 27.1. The number of carbonyl (C=O) groups is 1. The third-order valence-electron chi connectivity index (χ3n) is 11.6. The van der Waals surface area contributed by atoms with Crippen LogP contribution in [-0.2, 0) is 9.53 Å². The Kier molecular flexibility index (Phi) is 7.32. The van der Waals surface area contributed by atoms with Crippen molar-refractivity contribution in [3.63, 3.8) is 0 Å². The number of aliphatic hydroxyl groups excluding tert-OH is 2. The molecule has 0 radical (unpaired) electrons. The van der Waals surface area contributed by atoms with E-state index in [0.29, 0.717) is 42.9 Å². The zero-order chi connectivity index (χ0) is 25.9. The van der Waals surface area contributed by atoms with Gasteiger partial charge in [-0.3, -0.25) is 4.79 Å². The van der Waals surface area contributed by atoms with Gasteiger partial charge in [0.1, 0.15) is 6.10 Å². The van der Waals surface area contributed by atoms with Crippen LogP contribution >= 0.6 is 0 Å². The second-order valence-electron chi connectivity index (χ2n) is 13.7. The molecule has 4 saturated carbocycles. The molecule has 200 valence electrons. The van der Waals surface area contributed by atoms with Gasteiger partial charge in [-0.15, -0.1) is 0 Å². The van der Waals surface area contributed by atoms with E-state index in [2.05, 4.69) is 41.2 Å². The number of carbonyl (C=O) groups excluding carboxylic acids is 1. The van der Waals surface area contributed by atoms with Gasteiger partial charge in [0, 0.05) is 24.7 Å². The van der Waals surface area contributed by atoms with Crippen molar-refractivity contribution in [3.05, 3.63) is 12.2 Å². The monoisotopic (exact) mass is 490 g/mol. The Bertz CT molecular complexity index is 824. The minimum atomic E-state index is -1.35. The maximum Gasteiger partial charge on any atom is 0.302 e. The van der Waals surface area contributed by atoms with Gasteiger partial charge in [0.2, 0.25) is 0 Å². The Balaban J connectivity index is 1.66. The molecule has 4 rings (SSSR count). The molecule has 3 unspecified atom stereocenters. The summed E-state index contributed by atoms with van der Waals surface area (Å²) in [7, 11) is 0. The first-order valence-electron chi connectivity index (χ1n) is 14.2. The highest BCUT2D eigenvalue weighted by atomic mass is 16.5. The average molecular weight is 491 g/mol. The van der Waals surface area contributed by atoms with E-state index in [0.717, 1.165) is 25.7 Å². The number of esters is 1. The number of hydrogen-bond acceptors (Lipinski definition) is 5. The molecule has 5 nitrogen and oxygen atoms in total. The van der Waals surface area contributed by atoms with E-state index >= 15 is 0 Å². The quantitative estimate of drug-likeness (QED) is 0.349. The predicted octanol–water partition coefficient (Wildman–Crippen LogP) is 5.26. The predicted molar refractivity (Wildman–Crippen MR) is 137 cm³/mol. The van der Waals surface area contributed by atoms with Crippen molar-refractivity contribution >= 4 is 5.97 Å². The molecular weight excluding hydrogens is 440 g/mol. The van der Waals surface area contributed by atoms with Crippen LogP contribution in [0.1, 0.15) is 99.3 Å². The van der Waals surface area contributed by atoms with E-state index in [4.69, 9.17) is 4.74 Å². The van der Waals surface area contributed by atoms with Crippen molar-refractivity contribution < 1.29 is 24.9 Å². The molecular formula is C30H50O5. The van der Waals surface area contributed by atoms with Crippen LogP contribution in [0.2, 0.25) is 0 Å². The van der Waals surface area contributed by atoms with Gasteiger partial charge in [-0.05, 0) is 86.4 Å². The first-order chi connectivity index (χ1) is 16.2. The standard InChI is InChI=1S/C30H50O5/c1-17(2)18(3)8-9-19(4)23-10-11-24-22-14-26(33)30(34)15-21(32)12-13-29(30,7)27(22)25(35-20(5)31)16-28(23,24)6/h17,19,21-27,32-34H,3,8-16H2,1-2,4-7H3/t19-,21+,22?,23-,24?,25-,26-,27?,28-,29-,30+/m1/s1. The number of hydrogen-bond donors (Lipinski definition) is 3. The summed E-state index contributed by atoms with van der Waals surface area (Å²) in [5.74, 6) is 2.00. The van der Waals surface area contributed by atoms with Crippen molar-refractivity contribution in [2.24, 2.45) is 46.3 Å². The SMILES string of the molecule is C=C(CC[C@@H](C)[C@H]1CCC2C3C[C@@H](O)[C@@]4(O)C[C@@H](O)CC[C@]4(C)C3[C@H](OC(C)=O)C[C@@]21C)C(C)C. The fourth-order valence-electron chi connectivity index (χ4n) is 9.55. The largest absolute Gasteiger partial charge is 0.462 e. The van der Waals surface area contributed by atoms with Crippen LogP contribution in [0.5, 0.6) is 0 Å². The van der Waals surface area contributed by atoms with Crippen LogP contribution in [0.25, 0.3) is 0 Å². The van der Waals surface area contributed by atoms with Gasteiger partial charge in [-0.25, -0.2) is 0 Å². The highest BCUT2D eigenvalue weighted by molar-refractivity contribution is 5.66. The van der Waals surface area contributed by atoms with Crippen LogP contribution in [0.3, 0.4) is 0 Å². The molecule has 0 heterocycles. The second-order valence-corrected chi connectivity index (χ2v) is 13.7. The Morgan fingerprint density at radius 3 is 2.43 bits per heavy atom. The molecule has 0 aromatic heterocycles. The topological polar surface area (TPSA) is 87.0 Å². The van der Waals surface area contributed by atoms with E-state index in [1.54, 1.807) is 0 Å². The fraction of sp³-hybridized carbons (Fsp3) is 0.900. The molecule has 35 heavy (non-hydrogen) atoms. The Morgan fingerprint density at radius 2 is 1.80 bits per heavy atom. The lowest BCUT2D eigenvalue weighted by atomic mass is 9.41. The van der Waals surface area contributed by atoms with Crippen LogP contribution < -0.4 is 0 Å². The number of ether oxygens (including phenoxy) is 1. The Morgan fingerprint density at radius 1 is 1.11 bits per heavy atom. The highest BCUT2D eigenvalue weighted by Crippen LogP contribution is 2.69. The van der Waals surface area contributed by atoms with Gasteiger partial charge in [0.25, 0.3) is 0 Å². The molecule has 0 spiro atoms. The zero-order valence-electron chi connectivity index (χ0n) is 22.9. The minimum Gasteiger partial charge on any atom is -0.462 e. The Hall–Kier alpha value is -0.910. The molecule has 0 bridgehead atoms. The van der Waals surface area contributed by atoms with Crippen LogP contribution in [-0.4, -0.2) is 45.2 Å². The highest BCUT2D eigenvalue weighted by Gasteiger charge is 2.70. The van der Waals surface area contributed by atoms with Gasteiger partial charge in [0.15, 0.2) is 0 Å².